The van der Waals surface area contributed by atoms with Crippen molar-refractivity contribution < 1.29 is 22.7 Å². The number of nitrogens with one attached hydrogen (secondary N) is 1. The molecule has 2 atom stereocenters. The third-order valence-electron chi connectivity index (χ3n) is 8.39. The smallest absolute Gasteiger partial charge is 0.259 e. The highest BCUT2D eigenvalue weighted by Gasteiger charge is 2.51. The molecule has 38 heavy (non-hydrogen) atoms. The molecule has 1 aromatic heterocycles. The summed E-state index contributed by atoms with van der Waals surface area (Å²) in [6, 6.07) is 6.75. The van der Waals surface area contributed by atoms with Crippen LogP contribution in [0.3, 0.4) is 0 Å². The van der Waals surface area contributed by atoms with E-state index in [1.54, 1.807) is 31.2 Å². The number of H-pyrrole nitrogens is 1. The van der Waals surface area contributed by atoms with E-state index in [9.17, 15) is 18.0 Å². The zero-order valence-electron chi connectivity index (χ0n) is 22.3. The maximum absolute atomic E-state index is 14.0. The summed E-state index contributed by atoms with van der Waals surface area (Å²) in [5.41, 5.74) is -0.647. The summed E-state index contributed by atoms with van der Waals surface area (Å²) in [6.07, 6.45) is 4.24. The second kappa shape index (κ2) is 10.2. The Bertz CT molecular complexity index is 1330. The number of likely N-dealkylation sites (N-methyl/N-ethyl adjacent to an activating group) is 1. The molecule has 1 amide bonds. The molecule has 4 heterocycles. The highest BCUT2D eigenvalue weighted by molar-refractivity contribution is 7.89. The van der Waals surface area contributed by atoms with Gasteiger partial charge in [0.2, 0.25) is 5.91 Å². The second-order valence-corrected chi connectivity index (χ2v) is 14.0. The summed E-state index contributed by atoms with van der Waals surface area (Å²) in [7, 11) is -0.133. The highest BCUT2D eigenvalue weighted by atomic mass is 35.5. The van der Waals surface area contributed by atoms with Crippen molar-refractivity contribution >= 4 is 44.2 Å². The van der Waals surface area contributed by atoms with Gasteiger partial charge in [-0.3, -0.25) is 9.59 Å². The molecule has 5 rings (SSSR count). The van der Waals surface area contributed by atoms with Crippen molar-refractivity contribution in [1.82, 2.24) is 19.1 Å². The van der Waals surface area contributed by atoms with Crippen molar-refractivity contribution in [2.24, 2.45) is 5.92 Å². The van der Waals surface area contributed by atoms with Gasteiger partial charge in [0.25, 0.3) is 10.0 Å². The first kappa shape index (κ1) is 27.6. The Morgan fingerprint density at radius 2 is 1.95 bits per heavy atom. The predicted molar refractivity (Wildman–Crippen MR) is 146 cm³/mol. The monoisotopic (exact) mass is 564 g/mol. The molecule has 2 bridgehead atoms. The summed E-state index contributed by atoms with van der Waals surface area (Å²) < 4.78 is 36.5. The first-order chi connectivity index (χ1) is 17.9. The number of carbonyl (C=O) groups is 2. The molecule has 0 radical (unpaired) electrons. The van der Waals surface area contributed by atoms with Crippen LogP contribution in [0.25, 0.3) is 10.9 Å². The molecule has 1 aromatic carbocycles. The number of ether oxygens (including phenoxy) is 1. The lowest BCUT2D eigenvalue weighted by Crippen LogP contribution is -2.59. The topological polar surface area (TPSA) is 103 Å². The van der Waals surface area contributed by atoms with Crippen LogP contribution < -0.4 is 0 Å². The van der Waals surface area contributed by atoms with E-state index >= 15 is 0 Å². The second-order valence-electron chi connectivity index (χ2n) is 11.6. The van der Waals surface area contributed by atoms with Gasteiger partial charge in [0, 0.05) is 54.9 Å². The average molecular weight is 565 g/mol. The molecule has 0 aliphatic carbocycles. The number of rotatable bonds is 4. The number of sulfonamides is 1. The number of piperidine rings is 1. The number of likely N-dealkylation sites (tertiary alicyclic amines) is 1. The first-order valence-corrected chi connectivity index (χ1v) is 15.1. The first-order valence-electron chi connectivity index (χ1n) is 13.3. The van der Waals surface area contributed by atoms with Crippen LogP contribution in [0.2, 0.25) is 5.02 Å². The van der Waals surface area contributed by atoms with E-state index in [4.69, 9.17) is 16.3 Å². The fraction of sp³-hybridized carbons (Fsp3) is 0.630. The third-order valence-corrected chi connectivity index (χ3v) is 10.3. The van der Waals surface area contributed by atoms with Crippen LogP contribution in [0, 0.1) is 5.92 Å². The lowest BCUT2D eigenvalue weighted by Gasteiger charge is -2.50. The molecular formula is C27H37ClN4O5S. The van der Waals surface area contributed by atoms with Crippen molar-refractivity contribution in [3.8, 4) is 0 Å². The lowest BCUT2D eigenvalue weighted by molar-refractivity contribution is -0.200. The van der Waals surface area contributed by atoms with E-state index in [2.05, 4.69) is 4.98 Å². The summed E-state index contributed by atoms with van der Waals surface area (Å²) in [6.45, 7) is 3.23. The molecule has 11 heteroatoms. The van der Waals surface area contributed by atoms with Crippen molar-refractivity contribution in [1.29, 1.82) is 0 Å². The van der Waals surface area contributed by atoms with Crippen molar-refractivity contribution in [2.75, 3.05) is 46.8 Å². The normalized spacial score (nSPS) is 26.9. The highest BCUT2D eigenvalue weighted by Crippen LogP contribution is 2.44. The van der Waals surface area contributed by atoms with E-state index in [1.165, 1.54) is 4.31 Å². The minimum Gasteiger partial charge on any atom is -0.366 e. The molecule has 208 valence electrons. The predicted octanol–water partition coefficient (Wildman–Crippen LogP) is 3.28. The maximum Gasteiger partial charge on any atom is 0.259 e. The number of aromatic amines is 1. The van der Waals surface area contributed by atoms with Crippen LogP contribution in [-0.2, 0) is 24.3 Å². The Morgan fingerprint density at radius 1 is 1.21 bits per heavy atom. The van der Waals surface area contributed by atoms with Crippen LogP contribution in [0.5, 0.6) is 0 Å². The molecule has 1 spiro atoms. The summed E-state index contributed by atoms with van der Waals surface area (Å²) >= 11 is 6.13. The largest absolute Gasteiger partial charge is 0.366 e. The fourth-order valence-corrected chi connectivity index (χ4v) is 8.33. The summed E-state index contributed by atoms with van der Waals surface area (Å²) in [5, 5.41) is 1.25. The van der Waals surface area contributed by atoms with Gasteiger partial charge in [0.05, 0.1) is 17.7 Å². The molecule has 0 saturated carbocycles. The van der Waals surface area contributed by atoms with E-state index < -0.39 is 21.2 Å². The standard InChI is InChI=1S/C27H37ClN4O5S/c1-19(33)31-11-9-26(10-12-31)8-4-5-20-15-27(37-26,17-30(2)3)18-32(16-24(20)34)38(35,36)25-14-21-13-22(28)6-7-23(21)29-25/h6-7,13-14,20,29H,4-5,8-12,15-18H2,1-3H3. The fourth-order valence-electron chi connectivity index (χ4n) is 6.65. The minimum atomic E-state index is -4.03. The van der Waals surface area contributed by atoms with Crippen LogP contribution in [0.1, 0.15) is 45.4 Å². The van der Waals surface area contributed by atoms with Gasteiger partial charge in [-0.2, -0.15) is 4.31 Å². The number of ketones is 1. The molecule has 9 nitrogen and oxygen atoms in total. The lowest BCUT2D eigenvalue weighted by atomic mass is 9.78. The van der Waals surface area contributed by atoms with Gasteiger partial charge in [-0.25, -0.2) is 8.42 Å². The third kappa shape index (κ3) is 5.38. The molecule has 2 aromatic rings. The van der Waals surface area contributed by atoms with Crippen LogP contribution >= 0.6 is 11.6 Å². The number of hydrogen-bond donors (Lipinski definition) is 1. The van der Waals surface area contributed by atoms with Crippen molar-refractivity contribution in [3.05, 3.63) is 29.3 Å². The number of Topliss-reactive ketones (excluding diaryl/α,β-unsaturated/α-hetero) is 1. The number of hydrogen-bond acceptors (Lipinski definition) is 6. The number of nitrogens with zero attached hydrogens (tertiary/aromatic N) is 3. The van der Waals surface area contributed by atoms with Crippen LogP contribution in [0.15, 0.2) is 29.3 Å². The maximum atomic E-state index is 14.0. The molecular weight excluding hydrogens is 528 g/mol. The Morgan fingerprint density at radius 3 is 2.63 bits per heavy atom. The van der Waals surface area contributed by atoms with Gasteiger partial charge in [-0.15, -0.1) is 0 Å². The molecule has 3 aliphatic heterocycles. The average Bonchev–Trinajstić information content (AvgIpc) is 3.20. The number of fused-ring (bicyclic) bond motifs is 3. The summed E-state index contributed by atoms with van der Waals surface area (Å²) in [4.78, 5) is 32.3. The number of aromatic nitrogens is 1. The van der Waals surface area contributed by atoms with Gasteiger partial charge >= 0.3 is 0 Å². The quantitative estimate of drug-likeness (QED) is 0.611. The number of carbonyl (C=O) groups excluding carboxylic acids is 2. The minimum absolute atomic E-state index is 0.0409. The number of amides is 1. The van der Waals surface area contributed by atoms with E-state index in [0.717, 1.165) is 12.8 Å². The number of halogens is 1. The van der Waals surface area contributed by atoms with E-state index in [1.807, 2.05) is 23.9 Å². The Kier molecular flexibility index (Phi) is 7.41. The Labute approximate surface area is 229 Å². The van der Waals surface area contributed by atoms with Crippen molar-refractivity contribution in [3.63, 3.8) is 0 Å². The van der Waals surface area contributed by atoms with Gasteiger partial charge in [0.15, 0.2) is 5.78 Å². The van der Waals surface area contributed by atoms with E-state index in [0.29, 0.717) is 61.2 Å². The summed E-state index contributed by atoms with van der Waals surface area (Å²) in [5.74, 6) is -0.253. The molecule has 3 aliphatic rings. The van der Waals surface area contributed by atoms with E-state index in [-0.39, 0.29) is 35.7 Å². The molecule has 3 fully saturated rings. The van der Waals surface area contributed by atoms with Crippen LogP contribution in [-0.4, -0.2) is 97.2 Å². The molecule has 3 saturated heterocycles. The van der Waals surface area contributed by atoms with Crippen LogP contribution in [0.4, 0.5) is 0 Å². The molecule has 1 N–H and O–H groups in total. The van der Waals surface area contributed by atoms with Gasteiger partial charge in [0.1, 0.15) is 5.03 Å². The SMILES string of the molecule is CC(=O)N1CCC2(CCCC3CC(CN(C)C)(CN(S(=O)(=O)c4cc5cc(Cl)ccc5[nH]4)CC3=O)O2)CC1. The van der Waals surface area contributed by atoms with Crippen molar-refractivity contribution in [2.45, 2.75) is 61.7 Å². The number of benzene rings is 1. The van der Waals surface area contributed by atoms with Gasteiger partial charge in [-0.05, 0) is 76.9 Å². The molecule has 2 unspecified atom stereocenters. The zero-order chi connectivity index (χ0) is 27.3. The zero-order valence-corrected chi connectivity index (χ0v) is 23.9. The van der Waals surface area contributed by atoms with Gasteiger partial charge < -0.3 is 19.5 Å². The Balaban J connectivity index is 1.52. The Hall–Kier alpha value is -1.98. The van der Waals surface area contributed by atoms with Gasteiger partial charge in [-0.1, -0.05) is 11.6 Å².